The summed E-state index contributed by atoms with van der Waals surface area (Å²) in [5.74, 6) is 0.162. The van der Waals surface area contributed by atoms with Gasteiger partial charge in [-0.15, -0.1) is 10.2 Å². The molecule has 0 bridgehead atoms. The number of methoxy groups -OCH3 is 1. The van der Waals surface area contributed by atoms with Gasteiger partial charge in [0, 0.05) is 24.2 Å². The van der Waals surface area contributed by atoms with E-state index in [1.165, 1.54) is 19.2 Å². The van der Waals surface area contributed by atoms with Crippen molar-refractivity contribution in [3.8, 4) is 5.75 Å². The fourth-order valence-corrected chi connectivity index (χ4v) is 4.12. The van der Waals surface area contributed by atoms with Crippen LogP contribution < -0.4 is 15.4 Å². The molecule has 3 N–H and O–H groups in total. The van der Waals surface area contributed by atoms with Crippen LogP contribution in [0.5, 0.6) is 5.75 Å². The zero-order valence-electron chi connectivity index (χ0n) is 19.9. The summed E-state index contributed by atoms with van der Waals surface area (Å²) in [4.78, 5) is 35.6. The maximum absolute atomic E-state index is 12.7. The summed E-state index contributed by atoms with van der Waals surface area (Å²) in [6, 6.07) is 9.96. The highest BCUT2D eigenvalue weighted by molar-refractivity contribution is 7.99. The van der Waals surface area contributed by atoms with Crippen molar-refractivity contribution in [1.29, 1.82) is 0 Å². The van der Waals surface area contributed by atoms with E-state index < -0.39 is 23.5 Å². The van der Waals surface area contributed by atoms with Gasteiger partial charge in [-0.2, -0.15) is 0 Å². The molecule has 3 rings (SSSR count). The lowest BCUT2D eigenvalue weighted by Gasteiger charge is -2.17. The number of aryl methyl sites for hydroxylation is 1. The Balaban J connectivity index is 1.67. The smallest absolute Gasteiger partial charge is 0.271 e. The molecule has 2 aromatic carbocycles. The first-order chi connectivity index (χ1) is 17.3. The zero-order chi connectivity index (χ0) is 26.2. The van der Waals surface area contributed by atoms with Crippen LogP contribution in [0.15, 0.2) is 47.6 Å². The molecule has 1 heterocycles. The number of benzene rings is 2. The largest absolute Gasteiger partial charge is 0.497 e. The average molecular weight is 515 g/mol. The van der Waals surface area contributed by atoms with E-state index in [0.29, 0.717) is 40.1 Å². The molecule has 0 aliphatic carbocycles. The molecule has 13 heteroatoms. The van der Waals surface area contributed by atoms with Crippen molar-refractivity contribution in [3.63, 3.8) is 0 Å². The number of non-ortho nitro benzene ring substituents is 1. The van der Waals surface area contributed by atoms with Gasteiger partial charge in [-0.3, -0.25) is 19.7 Å². The number of rotatable bonds is 11. The van der Waals surface area contributed by atoms with E-state index in [9.17, 15) is 24.8 Å². The van der Waals surface area contributed by atoms with Crippen LogP contribution in [-0.2, 0) is 11.3 Å². The number of ether oxygens (including phenoxy) is 1. The second-order valence-corrected chi connectivity index (χ2v) is 8.56. The number of nitrogens with one attached hydrogen (secondary N) is 2. The molecule has 12 nitrogen and oxygen atoms in total. The van der Waals surface area contributed by atoms with Crippen molar-refractivity contribution in [2.75, 3.05) is 24.8 Å². The lowest BCUT2D eigenvalue weighted by atomic mass is 10.2. The van der Waals surface area contributed by atoms with Crippen molar-refractivity contribution in [3.05, 3.63) is 69.5 Å². The molecule has 0 aliphatic rings. The minimum atomic E-state index is -0.817. The van der Waals surface area contributed by atoms with E-state index >= 15 is 0 Å². The summed E-state index contributed by atoms with van der Waals surface area (Å²) in [7, 11) is 1.53. The van der Waals surface area contributed by atoms with Crippen molar-refractivity contribution in [1.82, 2.24) is 20.1 Å². The number of hydrogen-bond donors (Lipinski definition) is 3. The van der Waals surface area contributed by atoms with Crippen LogP contribution in [0.4, 0.5) is 11.4 Å². The maximum atomic E-state index is 12.7. The molecule has 0 saturated heterocycles. The monoisotopic (exact) mass is 514 g/mol. The van der Waals surface area contributed by atoms with Crippen LogP contribution in [-0.4, -0.2) is 56.1 Å². The van der Waals surface area contributed by atoms with Crippen LogP contribution in [0.2, 0.25) is 0 Å². The van der Waals surface area contributed by atoms with E-state index in [-0.39, 0.29) is 17.3 Å². The molecule has 0 aliphatic heterocycles. The highest BCUT2D eigenvalue weighted by Gasteiger charge is 2.23. The Kier molecular flexibility index (Phi) is 8.97. The van der Waals surface area contributed by atoms with E-state index in [0.717, 1.165) is 11.8 Å². The number of nitro groups is 1. The number of hydrogen-bond acceptors (Lipinski definition) is 9. The summed E-state index contributed by atoms with van der Waals surface area (Å²) in [5.41, 5.74) is 1.32. The Labute approximate surface area is 211 Å². The lowest BCUT2D eigenvalue weighted by molar-refractivity contribution is -0.384. The quantitative estimate of drug-likeness (QED) is 0.198. The van der Waals surface area contributed by atoms with E-state index in [1.54, 1.807) is 41.8 Å². The molecule has 0 radical (unpaired) electrons. The van der Waals surface area contributed by atoms with Crippen molar-refractivity contribution in [2.24, 2.45) is 0 Å². The SMILES string of the molecule is CCn1c(SCC(=O)Nc2cc([N+](=O)[O-])ccc2C)nnc1[C@@H](CO)NC(=O)c1ccc(OC)cc1. The molecular weight excluding hydrogens is 488 g/mol. The predicted molar refractivity (Wildman–Crippen MR) is 133 cm³/mol. The molecule has 0 spiro atoms. The van der Waals surface area contributed by atoms with Gasteiger partial charge in [0.15, 0.2) is 11.0 Å². The molecule has 1 atom stereocenters. The fraction of sp³-hybridized carbons (Fsp3) is 0.304. The number of aliphatic hydroxyl groups is 1. The van der Waals surface area contributed by atoms with Gasteiger partial charge in [0.1, 0.15) is 11.8 Å². The van der Waals surface area contributed by atoms with E-state index in [2.05, 4.69) is 20.8 Å². The van der Waals surface area contributed by atoms with Gasteiger partial charge in [-0.05, 0) is 43.7 Å². The van der Waals surface area contributed by atoms with Crippen molar-refractivity contribution < 1.29 is 24.4 Å². The number of nitrogens with zero attached hydrogens (tertiary/aromatic N) is 4. The summed E-state index contributed by atoms with van der Waals surface area (Å²) in [6.07, 6.45) is 0. The van der Waals surface area contributed by atoms with Gasteiger partial charge in [-0.1, -0.05) is 17.8 Å². The second-order valence-electron chi connectivity index (χ2n) is 7.62. The Hall–Kier alpha value is -3.97. The van der Waals surface area contributed by atoms with Crippen molar-refractivity contribution >= 4 is 35.0 Å². The first-order valence-corrected chi connectivity index (χ1v) is 11.9. The topological polar surface area (TPSA) is 162 Å². The molecule has 36 heavy (non-hydrogen) atoms. The van der Waals surface area contributed by atoms with E-state index in [1.807, 2.05) is 6.92 Å². The molecule has 3 aromatic rings. The van der Waals surface area contributed by atoms with Crippen molar-refractivity contribution in [2.45, 2.75) is 31.6 Å². The number of nitro benzene ring substituents is 1. The zero-order valence-corrected chi connectivity index (χ0v) is 20.7. The number of amides is 2. The van der Waals surface area contributed by atoms with Crippen LogP contribution in [0, 0.1) is 17.0 Å². The number of carbonyl (C=O) groups is 2. The summed E-state index contributed by atoms with van der Waals surface area (Å²) in [5, 5.41) is 35.0. The number of aromatic nitrogens is 3. The third-order valence-corrected chi connectivity index (χ3v) is 6.22. The minimum Gasteiger partial charge on any atom is -0.497 e. The highest BCUT2D eigenvalue weighted by atomic mass is 32.2. The number of anilines is 1. The third-order valence-electron chi connectivity index (χ3n) is 5.25. The highest BCUT2D eigenvalue weighted by Crippen LogP contribution is 2.24. The second kappa shape index (κ2) is 12.1. The van der Waals surface area contributed by atoms with Crippen LogP contribution in [0.1, 0.15) is 34.7 Å². The Morgan fingerprint density at radius 1 is 1.22 bits per heavy atom. The first kappa shape index (κ1) is 26.6. The number of aliphatic hydroxyl groups excluding tert-OH is 1. The number of carbonyl (C=O) groups excluding carboxylic acids is 2. The van der Waals surface area contributed by atoms with Crippen LogP contribution in [0.3, 0.4) is 0 Å². The predicted octanol–water partition coefficient (Wildman–Crippen LogP) is 2.72. The van der Waals surface area contributed by atoms with Gasteiger partial charge >= 0.3 is 0 Å². The summed E-state index contributed by atoms with van der Waals surface area (Å²) < 4.78 is 6.80. The molecule has 1 aromatic heterocycles. The first-order valence-electron chi connectivity index (χ1n) is 10.9. The molecule has 190 valence electrons. The van der Waals surface area contributed by atoms with Gasteiger partial charge in [-0.25, -0.2) is 0 Å². The summed E-state index contributed by atoms with van der Waals surface area (Å²) in [6.45, 7) is 3.62. The Bertz CT molecular complexity index is 1250. The molecule has 0 unspecified atom stereocenters. The Morgan fingerprint density at radius 3 is 2.56 bits per heavy atom. The fourth-order valence-electron chi connectivity index (χ4n) is 3.31. The van der Waals surface area contributed by atoms with E-state index in [4.69, 9.17) is 4.74 Å². The van der Waals surface area contributed by atoms with Gasteiger partial charge in [0.05, 0.1) is 30.1 Å². The third kappa shape index (κ3) is 6.37. The molecule has 2 amide bonds. The van der Waals surface area contributed by atoms with Gasteiger partial charge in [0.2, 0.25) is 5.91 Å². The van der Waals surface area contributed by atoms with Gasteiger partial charge < -0.3 is 25.0 Å². The lowest BCUT2D eigenvalue weighted by Crippen LogP contribution is -2.32. The van der Waals surface area contributed by atoms with Crippen LogP contribution in [0.25, 0.3) is 0 Å². The Morgan fingerprint density at radius 2 is 1.94 bits per heavy atom. The van der Waals surface area contributed by atoms with Crippen LogP contribution >= 0.6 is 11.8 Å². The average Bonchev–Trinajstić information content (AvgIpc) is 3.29. The molecule has 0 saturated carbocycles. The number of thioether (sulfide) groups is 1. The summed E-state index contributed by atoms with van der Waals surface area (Å²) >= 11 is 1.12. The maximum Gasteiger partial charge on any atom is 0.271 e. The minimum absolute atomic E-state index is 0.0255. The standard InChI is InChI=1S/C23H26N6O6S/c1-4-28-21(19(12-30)25-22(32)15-6-9-17(35-3)10-7-15)26-27-23(28)36-13-20(31)24-18-11-16(29(33)34)8-5-14(18)2/h5-11,19,30H,4,12-13H2,1-3H3,(H,24,31)(H,25,32)/t19-/m1/s1. The molecule has 0 fully saturated rings. The molecular formula is C23H26N6O6S. The normalized spacial score (nSPS) is 11.6. The van der Waals surface area contributed by atoms with Gasteiger partial charge in [0.25, 0.3) is 11.6 Å².